The molecule has 1 aliphatic carbocycles. The molecule has 1 fully saturated rings. The predicted octanol–water partition coefficient (Wildman–Crippen LogP) is 2.95. The number of benzene rings is 1. The summed E-state index contributed by atoms with van der Waals surface area (Å²) >= 11 is 5.83. The van der Waals surface area contributed by atoms with Crippen LogP contribution >= 0.6 is 11.6 Å². The zero-order valence-corrected chi connectivity index (χ0v) is 13.6. The van der Waals surface area contributed by atoms with E-state index in [4.69, 9.17) is 11.6 Å². The molecule has 0 saturated heterocycles. The first-order valence-corrected chi connectivity index (χ1v) is 9.13. The van der Waals surface area contributed by atoms with E-state index < -0.39 is 21.0 Å². The Hall–Kier alpha value is -1.07. The second-order valence-electron chi connectivity index (χ2n) is 5.49. The lowest BCUT2D eigenvalue weighted by molar-refractivity contribution is -0.121. The van der Waals surface area contributed by atoms with Crippen LogP contribution in [0.4, 0.5) is 0 Å². The number of carbonyl (C=O) groups excluding carboxylic acids is 1. The minimum absolute atomic E-state index is 0.0845. The van der Waals surface area contributed by atoms with E-state index in [0.717, 1.165) is 25.7 Å². The summed E-state index contributed by atoms with van der Waals surface area (Å²) in [7, 11) is -3.71. The summed E-state index contributed by atoms with van der Waals surface area (Å²) < 4.78 is 24.9. The Morgan fingerprint density at radius 3 is 2.57 bits per heavy atom. The van der Waals surface area contributed by atoms with Crippen LogP contribution in [0.2, 0.25) is 5.02 Å². The molecule has 1 N–H and O–H groups in total. The van der Waals surface area contributed by atoms with Gasteiger partial charge in [0, 0.05) is 11.1 Å². The molecule has 0 aromatic heterocycles. The number of amides is 1. The quantitative estimate of drug-likeness (QED) is 0.923. The van der Waals surface area contributed by atoms with Crippen LogP contribution in [0.25, 0.3) is 0 Å². The average Bonchev–Trinajstić information content (AvgIpc) is 2.47. The normalized spacial score (nSPS) is 18.2. The summed E-state index contributed by atoms with van der Waals surface area (Å²) in [5.41, 5.74) is 0. The Labute approximate surface area is 130 Å². The van der Waals surface area contributed by atoms with Crippen LogP contribution in [0.15, 0.2) is 29.2 Å². The molecule has 0 heterocycles. The van der Waals surface area contributed by atoms with Crippen LogP contribution in [0.5, 0.6) is 0 Å². The Kier molecular flexibility index (Phi) is 5.27. The Balaban J connectivity index is 2.10. The smallest absolute Gasteiger partial charge is 0.238 e. The van der Waals surface area contributed by atoms with Crippen molar-refractivity contribution in [1.29, 1.82) is 0 Å². The summed E-state index contributed by atoms with van der Waals surface area (Å²) in [5.74, 6) is -0.429. The molecular formula is C15H20ClNO3S. The minimum atomic E-state index is -3.71. The third kappa shape index (κ3) is 3.98. The standard InChI is InChI=1S/C15H20ClNO3S/c1-11(15(18)17-13-7-3-2-4-8-13)21(19,20)14-9-5-6-12(16)10-14/h5-6,9-11,13H,2-4,7-8H2,1H3,(H,17,18)/t11-/m0/s1. The Bertz CT molecular complexity index is 609. The van der Waals surface area contributed by atoms with Crippen molar-refractivity contribution in [2.24, 2.45) is 0 Å². The average molecular weight is 330 g/mol. The predicted molar refractivity (Wildman–Crippen MR) is 83.1 cm³/mol. The van der Waals surface area contributed by atoms with Gasteiger partial charge in [-0.1, -0.05) is 36.9 Å². The van der Waals surface area contributed by atoms with Crippen LogP contribution in [0, 0.1) is 0 Å². The fraction of sp³-hybridized carbons (Fsp3) is 0.533. The zero-order valence-electron chi connectivity index (χ0n) is 12.0. The number of rotatable bonds is 4. The van der Waals surface area contributed by atoms with Gasteiger partial charge in [-0.3, -0.25) is 4.79 Å². The highest BCUT2D eigenvalue weighted by Crippen LogP contribution is 2.21. The zero-order chi connectivity index (χ0) is 15.5. The van der Waals surface area contributed by atoms with Gasteiger partial charge >= 0.3 is 0 Å². The molecule has 1 saturated carbocycles. The molecule has 1 amide bonds. The molecule has 116 valence electrons. The van der Waals surface area contributed by atoms with Gasteiger partial charge in [0.05, 0.1) is 4.90 Å². The van der Waals surface area contributed by atoms with Gasteiger partial charge in [0.1, 0.15) is 5.25 Å². The van der Waals surface area contributed by atoms with Crippen molar-refractivity contribution in [3.63, 3.8) is 0 Å². The molecule has 1 atom stereocenters. The van der Waals surface area contributed by atoms with Crippen molar-refractivity contribution < 1.29 is 13.2 Å². The van der Waals surface area contributed by atoms with Crippen molar-refractivity contribution in [3.8, 4) is 0 Å². The molecular weight excluding hydrogens is 310 g/mol. The van der Waals surface area contributed by atoms with Crippen LogP contribution < -0.4 is 5.32 Å². The molecule has 0 spiro atoms. The molecule has 4 nitrogen and oxygen atoms in total. The molecule has 6 heteroatoms. The van der Waals surface area contributed by atoms with Gasteiger partial charge in [-0.2, -0.15) is 0 Å². The maximum Gasteiger partial charge on any atom is 0.238 e. The number of halogens is 1. The highest BCUT2D eigenvalue weighted by atomic mass is 35.5. The first-order valence-electron chi connectivity index (χ1n) is 7.21. The molecule has 21 heavy (non-hydrogen) atoms. The number of hydrogen-bond donors (Lipinski definition) is 1. The van der Waals surface area contributed by atoms with Crippen LogP contribution in [0.1, 0.15) is 39.0 Å². The molecule has 1 aromatic rings. The monoisotopic (exact) mass is 329 g/mol. The summed E-state index contributed by atoms with van der Waals surface area (Å²) in [5, 5.41) is 2.09. The first kappa shape index (κ1) is 16.3. The lowest BCUT2D eigenvalue weighted by atomic mass is 9.95. The minimum Gasteiger partial charge on any atom is -0.352 e. The summed E-state index contributed by atoms with van der Waals surface area (Å²) in [6.07, 6.45) is 5.20. The number of carbonyl (C=O) groups is 1. The van der Waals surface area contributed by atoms with E-state index in [1.165, 1.54) is 25.5 Å². The molecule has 0 aliphatic heterocycles. The van der Waals surface area contributed by atoms with Crippen molar-refractivity contribution in [1.82, 2.24) is 5.32 Å². The van der Waals surface area contributed by atoms with Gasteiger partial charge in [-0.15, -0.1) is 0 Å². The van der Waals surface area contributed by atoms with Crippen LogP contribution in [-0.2, 0) is 14.6 Å². The number of hydrogen-bond acceptors (Lipinski definition) is 3. The molecule has 0 radical (unpaired) electrons. The van der Waals surface area contributed by atoms with Crippen molar-refractivity contribution in [3.05, 3.63) is 29.3 Å². The Morgan fingerprint density at radius 1 is 1.29 bits per heavy atom. The molecule has 0 unspecified atom stereocenters. The second-order valence-corrected chi connectivity index (χ2v) is 8.19. The molecule has 2 rings (SSSR count). The number of nitrogens with one attached hydrogen (secondary N) is 1. The van der Waals surface area contributed by atoms with Gasteiger partial charge in [-0.25, -0.2) is 8.42 Å². The van der Waals surface area contributed by atoms with E-state index in [-0.39, 0.29) is 10.9 Å². The maximum atomic E-state index is 12.4. The highest BCUT2D eigenvalue weighted by Gasteiger charge is 2.31. The first-order chi connectivity index (χ1) is 9.91. The summed E-state index contributed by atoms with van der Waals surface area (Å²) in [6.45, 7) is 1.42. The van der Waals surface area contributed by atoms with Crippen LogP contribution in [0.3, 0.4) is 0 Å². The Morgan fingerprint density at radius 2 is 1.95 bits per heavy atom. The van der Waals surface area contributed by atoms with E-state index in [9.17, 15) is 13.2 Å². The van der Waals surface area contributed by atoms with Crippen molar-refractivity contribution in [2.75, 3.05) is 0 Å². The highest BCUT2D eigenvalue weighted by molar-refractivity contribution is 7.92. The largest absolute Gasteiger partial charge is 0.352 e. The van der Waals surface area contributed by atoms with Gasteiger partial charge in [0.2, 0.25) is 5.91 Å². The third-order valence-corrected chi connectivity index (χ3v) is 6.20. The van der Waals surface area contributed by atoms with E-state index in [1.54, 1.807) is 12.1 Å². The SMILES string of the molecule is C[C@@H](C(=O)NC1CCCCC1)S(=O)(=O)c1cccc(Cl)c1. The van der Waals surface area contributed by atoms with Crippen LogP contribution in [-0.4, -0.2) is 25.6 Å². The fourth-order valence-electron chi connectivity index (χ4n) is 2.55. The van der Waals surface area contributed by atoms with Crippen molar-refractivity contribution in [2.45, 2.75) is 55.2 Å². The van der Waals surface area contributed by atoms with Gasteiger partial charge in [0.25, 0.3) is 0 Å². The molecule has 1 aromatic carbocycles. The van der Waals surface area contributed by atoms with Gasteiger partial charge < -0.3 is 5.32 Å². The lowest BCUT2D eigenvalue weighted by Crippen LogP contribution is -2.44. The van der Waals surface area contributed by atoms with Crippen molar-refractivity contribution >= 4 is 27.3 Å². The number of sulfone groups is 1. The summed E-state index contributed by atoms with van der Waals surface area (Å²) in [4.78, 5) is 12.3. The summed E-state index contributed by atoms with van der Waals surface area (Å²) in [6, 6.07) is 6.12. The second kappa shape index (κ2) is 6.79. The molecule has 1 aliphatic rings. The maximum absolute atomic E-state index is 12.4. The van der Waals surface area contributed by atoms with E-state index in [1.807, 2.05) is 0 Å². The van der Waals surface area contributed by atoms with Gasteiger partial charge in [-0.05, 0) is 38.0 Å². The molecule has 0 bridgehead atoms. The third-order valence-electron chi connectivity index (χ3n) is 3.91. The van der Waals surface area contributed by atoms with E-state index >= 15 is 0 Å². The topological polar surface area (TPSA) is 63.2 Å². The fourth-order valence-corrected chi connectivity index (χ4v) is 4.13. The van der Waals surface area contributed by atoms with E-state index in [0.29, 0.717) is 5.02 Å². The van der Waals surface area contributed by atoms with E-state index in [2.05, 4.69) is 5.32 Å². The lowest BCUT2D eigenvalue weighted by Gasteiger charge is -2.24. The van der Waals surface area contributed by atoms with Gasteiger partial charge in [0.15, 0.2) is 9.84 Å².